The van der Waals surface area contributed by atoms with Crippen LogP contribution in [-0.2, 0) is 6.61 Å². The van der Waals surface area contributed by atoms with E-state index in [1.54, 1.807) is 4.40 Å². The lowest BCUT2D eigenvalue weighted by Crippen LogP contribution is -2.14. The maximum absolute atomic E-state index is 12.0. The molecule has 3 aromatic rings. The van der Waals surface area contributed by atoms with Gasteiger partial charge in [0.05, 0.1) is 5.69 Å². The van der Waals surface area contributed by atoms with Crippen LogP contribution in [0.3, 0.4) is 0 Å². The van der Waals surface area contributed by atoms with Gasteiger partial charge in [0, 0.05) is 17.1 Å². The van der Waals surface area contributed by atoms with Gasteiger partial charge in [-0.05, 0) is 32.4 Å². The third-order valence-corrected chi connectivity index (χ3v) is 4.14. The van der Waals surface area contributed by atoms with Gasteiger partial charge in [0.1, 0.15) is 12.4 Å². The standard InChI is InChI=1S/C16H16N2O2S/c1-10-4-5-14(11(2)6-10)20-9-13-7-15(19)18-8-12(3)21-16(18)17-13/h4-8H,9H2,1-3H3. The molecule has 0 N–H and O–H groups in total. The molecule has 108 valence electrons. The van der Waals surface area contributed by atoms with E-state index in [1.165, 1.54) is 23.0 Å². The SMILES string of the molecule is Cc1ccc(OCc2cc(=O)n3cc(C)sc3n2)c(C)c1. The first kappa shape index (κ1) is 13.8. The van der Waals surface area contributed by atoms with Crippen molar-refractivity contribution >= 4 is 16.3 Å². The van der Waals surface area contributed by atoms with Gasteiger partial charge in [0.25, 0.3) is 5.56 Å². The number of aryl methyl sites for hydroxylation is 3. The largest absolute Gasteiger partial charge is 0.487 e. The molecule has 0 spiro atoms. The monoisotopic (exact) mass is 300 g/mol. The molecule has 2 aromatic heterocycles. The Bertz CT molecular complexity index is 864. The van der Waals surface area contributed by atoms with Crippen LogP contribution in [0.4, 0.5) is 0 Å². The number of hydrogen-bond donors (Lipinski definition) is 0. The van der Waals surface area contributed by atoms with Crippen molar-refractivity contribution in [2.75, 3.05) is 0 Å². The van der Waals surface area contributed by atoms with E-state index in [0.29, 0.717) is 17.3 Å². The second-order valence-corrected chi connectivity index (χ2v) is 6.35. The van der Waals surface area contributed by atoms with E-state index in [2.05, 4.69) is 11.1 Å². The van der Waals surface area contributed by atoms with Crippen molar-refractivity contribution in [1.82, 2.24) is 9.38 Å². The molecule has 0 atom stereocenters. The zero-order chi connectivity index (χ0) is 15.0. The van der Waals surface area contributed by atoms with E-state index in [-0.39, 0.29) is 5.56 Å². The fraction of sp³-hybridized carbons (Fsp3) is 0.250. The number of aromatic nitrogens is 2. The van der Waals surface area contributed by atoms with E-state index in [1.807, 2.05) is 39.1 Å². The van der Waals surface area contributed by atoms with Crippen LogP contribution in [-0.4, -0.2) is 9.38 Å². The highest BCUT2D eigenvalue weighted by atomic mass is 32.1. The van der Waals surface area contributed by atoms with Crippen LogP contribution in [0.15, 0.2) is 35.3 Å². The molecular weight excluding hydrogens is 284 g/mol. The van der Waals surface area contributed by atoms with Crippen molar-refractivity contribution in [2.45, 2.75) is 27.4 Å². The van der Waals surface area contributed by atoms with Crippen molar-refractivity contribution in [2.24, 2.45) is 0 Å². The van der Waals surface area contributed by atoms with Gasteiger partial charge in [-0.1, -0.05) is 17.7 Å². The van der Waals surface area contributed by atoms with Gasteiger partial charge < -0.3 is 4.74 Å². The number of rotatable bonds is 3. The Balaban J connectivity index is 1.86. The Morgan fingerprint density at radius 1 is 1.24 bits per heavy atom. The summed E-state index contributed by atoms with van der Waals surface area (Å²) in [5, 5.41) is 0. The van der Waals surface area contributed by atoms with Crippen LogP contribution in [0.2, 0.25) is 0 Å². The van der Waals surface area contributed by atoms with Gasteiger partial charge in [-0.2, -0.15) is 0 Å². The zero-order valence-electron chi connectivity index (χ0n) is 12.2. The molecule has 1 aromatic carbocycles. The number of thiazole rings is 1. The molecule has 0 bridgehead atoms. The maximum atomic E-state index is 12.0. The molecule has 3 rings (SSSR count). The summed E-state index contributed by atoms with van der Waals surface area (Å²) >= 11 is 1.50. The first-order valence-corrected chi connectivity index (χ1v) is 7.53. The van der Waals surface area contributed by atoms with Gasteiger partial charge in [-0.3, -0.25) is 9.20 Å². The van der Waals surface area contributed by atoms with Crippen molar-refractivity contribution < 1.29 is 4.74 Å². The molecule has 21 heavy (non-hydrogen) atoms. The Kier molecular flexibility index (Phi) is 3.51. The van der Waals surface area contributed by atoms with Crippen LogP contribution >= 0.6 is 11.3 Å². The van der Waals surface area contributed by atoms with E-state index in [0.717, 1.165) is 16.2 Å². The smallest absolute Gasteiger partial charge is 0.258 e. The minimum Gasteiger partial charge on any atom is -0.487 e. The fourth-order valence-corrected chi connectivity index (χ4v) is 3.10. The topological polar surface area (TPSA) is 43.6 Å². The highest BCUT2D eigenvalue weighted by molar-refractivity contribution is 7.16. The summed E-state index contributed by atoms with van der Waals surface area (Å²) < 4.78 is 7.35. The van der Waals surface area contributed by atoms with Crippen LogP contribution in [0, 0.1) is 20.8 Å². The quantitative estimate of drug-likeness (QED) is 0.745. The molecule has 0 aliphatic carbocycles. The van der Waals surface area contributed by atoms with Crippen molar-refractivity contribution in [3.8, 4) is 5.75 Å². The maximum Gasteiger partial charge on any atom is 0.258 e. The molecule has 0 amide bonds. The lowest BCUT2D eigenvalue weighted by molar-refractivity contribution is 0.299. The summed E-state index contributed by atoms with van der Waals surface area (Å²) in [5.41, 5.74) is 2.87. The summed E-state index contributed by atoms with van der Waals surface area (Å²) in [5.74, 6) is 0.824. The number of hydrogen-bond acceptors (Lipinski definition) is 4. The third-order valence-electron chi connectivity index (χ3n) is 3.24. The summed E-state index contributed by atoms with van der Waals surface area (Å²) in [6.07, 6.45) is 1.81. The normalized spacial score (nSPS) is 11.0. The minimum atomic E-state index is -0.0661. The third kappa shape index (κ3) is 2.83. The van der Waals surface area contributed by atoms with E-state index in [4.69, 9.17) is 4.74 Å². The molecule has 5 heteroatoms. The zero-order valence-corrected chi connectivity index (χ0v) is 13.0. The Morgan fingerprint density at radius 2 is 2.05 bits per heavy atom. The molecule has 0 fully saturated rings. The molecule has 0 saturated heterocycles. The average Bonchev–Trinajstić information content (AvgIpc) is 2.79. The molecule has 0 aliphatic rings. The Labute approximate surface area is 126 Å². The van der Waals surface area contributed by atoms with E-state index >= 15 is 0 Å². The predicted molar refractivity (Wildman–Crippen MR) is 84.3 cm³/mol. The molecule has 0 unspecified atom stereocenters. The molecule has 2 heterocycles. The van der Waals surface area contributed by atoms with Crippen LogP contribution in [0.25, 0.3) is 4.96 Å². The lowest BCUT2D eigenvalue weighted by atomic mass is 10.1. The number of benzene rings is 1. The number of ether oxygens (including phenoxy) is 1. The number of nitrogens with zero attached hydrogens (tertiary/aromatic N) is 2. The average molecular weight is 300 g/mol. The Hall–Kier alpha value is -2.14. The van der Waals surface area contributed by atoms with E-state index < -0.39 is 0 Å². The van der Waals surface area contributed by atoms with Crippen LogP contribution in [0.1, 0.15) is 21.7 Å². The lowest BCUT2D eigenvalue weighted by Gasteiger charge is -2.09. The van der Waals surface area contributed by atoms with Gasteiger partial charge in [-0.15, -0.1) is 11.3 Å². The van der Waals surface area contributed by atoms with Crippen molar-refractivity contribution in [3.05, 3.63) is 62.5 Å². The molecule has 0 saturated carbocycles. The molecule has 0 radical (unpaired) electrons. The first-order valence-electron chi connectivity index (χ1n) is 6.72. The number of fused-ring (bicyclic) bond motifs is 1. The molecular formula is C16H16N2O2S. The molecule has 0 aliphatic heterocycles. The first-order chi connectivity index (χ1) is 10.0. The Morgan fingerprint density at radius 3 is 2.81 bits per heavy atom. The van der Waals surface area contributed by atoms with Crippen molar-refractivity contribution in [1.29, 1.82) is 0 Å². The minimum absolute atomic E-state index is 0.0661. The van der Waals surface area contributed by atoms with E-state index in [9.17, 15) is 4.79 Å². The van der Waals surface area contributed by atoms with Crippen LogP contribution < -0.4 is 10.3 Å². The highest BCUT2D eigenvalue weighted by Gasteiger charge is 2.07. The highest BCUT2D eigenvalue weighted by Crippen LogP contribution is 2.20. The molecule has 4 nitrogen and oxygen atoms in total. The van der Waals surface area contributed by atoms with Crippen molar-refractivity contribution in [3.63, 3.8) is 0 Å². The predicted octanol–water partition coefficient (Wildman–Crippen LogP) is 3.26. The van der Waals surface area contributed by atoms with Gasteiger partial charge in [0.2, 0.25) is 0 Å². The summed E-state index contributed by atoms with van der Waals surface area (Å²) in [4.78, 5) is 18.3. The van der Waals surface area contributed by atoms with Gasteiger partial charge in [-0.25, -0.2) is 4.98 Å². The summed E-state index contributed by atoms with van der Waals surface area (Å²) in [6.45, 7) is 6.32. The summed E-state index contributed by atoms with van der Waals surface area (Å²) in [7, 11) is 0. The second kappa shape index (κ2) is 5.33. The summed E-state index contributed by atoms with van der Waals surface area (Å²) in [6, 6.07) is 7.56. The second-order valence-electron chi connectivity index (χ2n) is 5.14. The fourth-order valence-electron chi connectivity index (χ4n) is 2.25. The van der Waals surface area contributed by atoms with Crippen LogP contribution in [0.5, 0.6) is 5.75 Å². The van der Waals surface area contributed by atoms with Gasteiger partial charge >= 0.3 is 0 Å². The van der Waals surface area contributed by atoms with Gasteiger partial charge in [0.15, 0.2) is 4.96 Å².